The molecule has 1 N–H and O–H groups in total. The molecule has 0 amide bonds. The molecule has 3 rings (SSSR count). The van der Waals surface area contributed by atoms with Crippen LogP contribution in [0.15, 0.2) is 60.7 Å². The van der Waals surface area contributed by atoms with Crippen LogP contribution in [0.2, 0.25) is 0 Å². The highest BCUT2D eigenvalue weighted by Crippen LogP contribution is 2.17. The zero-order chi connectivity index (χ0) is 22.5. The fraction of sp³-hybridized carbons (Fsp3) is 0.286. The van der Waals surface area contributed by atoms with E-state index in [4.69, 9.17) is 4.74 Å². The van der Waals surface area contributed by atoms with Crippen LogP contribution < -0.4 is 9.46 Å². The Hall–Kier alpha value is -2.69. The van der Waals surface area contributed by atoms with Gasteiger partial charge in [-0.15, -0.1) is 0 Å². The van der Waals surface area contributed by atoms with E-state index in [1.54, 1.807) is 37.4 Å². The minimum Gasteiger partial charge on any atom is -0.494 e. The molecule has 10 heteroatoms. The molecular weight excluding hydrogens is 438 g/mol. The maximum Gasteiger partial charge on any atom is 0.229 e. The molecule has 0 aliphatic heterocycles. The average Bonchev–Trinajstić information content (AvgIpc) is 2.70. The molecule has 0 fully saturated rings. The van der Waals surface area contributed by atoms with Gasteiger partial charge in [-0.25, -0.2) is 21.1 Å². The van der Waals surface area contributed by atoms with Gasteiger partial charge >= 0.3 is 0 Å². The summed E-state index contributed by atoms with van der Waals surface area (Å²) in [5, 5.41) is 0.967. The van der Waals surface area contributed by atoms with Crippen molar-refractivity contribution < 1.29 is 21.6 Å². The molecule has 1 heterocycles. The molecule has 0 saturated heterocycles. The van der Waals surface area contributed by atoms with E-state index in [1.807, 2.05) is 30.3 Å². The Labute approximate surface area is 183 Å². The van der Waals surface area contributed by atoms with Gasteiger partial charge in [0.2, 0.25) is 20.0 Å². The fourth-order valence-corrected chi connectivity index (χ4v) is 4.66. The number of hydrogen-bond acceptors (Lipinski definition) is 6. The van der Waals surface area contributed by atoms with Crippen molar-refractivity contribution in [3.05, 3.63) is 66.4 Å². The quantitative estimate of drug-likeness (QED) is 0.464. The van der Waals surface area contributed by atoms with Gasteiger partial charge in [0.05, 0.1) is 24.1 Å². The molecule has 0 spiro atoms. The van der Waals surface area contributed by atoms with Crippen molar-refractivity contribution in [1.29, 1.82) is 0 Å². The third kappa shape index (κ3) is 6.91. The fourth-order valence-electron chi connectivity index (χ4n) is 2.94. The molecule has 8 nitrogen and oxygen atoms in total. The number of nitrogens with zero attached hydrogens (tertiary/aromatic N) is 2. The maximum atomic E-state index is 12.6. The molecule has 1 aromatic heterocycles. The van der Waals surface area contributed by atoms with Crippen molar-refractivity contribution in [3.63, 3.8) is 0 Å². The summed E-state index contributed by atoms with van der Waals surface area (Å²) < 4.78 is 57.0. The first-order chi connectivity index (χ1) is 14.6. The van der Waals surface area contributed by atoms with E-state index in [9.17, 15) is 16.8 Å². The molecule has 166 valence electrons. The lowest BCUT2D eigenvalue weighted by molar-refractivity contribution is 0.296. The minimum atomic E-state index is -3.50. The summed E-state index contributed by atoms with van der Waals surface area (Å²) in [6, 6.07) is 17.7. The summed E-state index contributed by atoms with van der Waals surface area (Å²) in [7, 11) is -5.28. The highest BCUT2D eigenvalue weighted by Gasteiger charge is 2.19. The molecule has 0 saturated carbocycles. The lowest BCUT2D eigenvalue weighted by atomic mass is 10.2. The number of fused-ring (bicyclic) bond motifs is 1. The Bertz CT molecular complexity index is 1240. The zero-order valence-corrected chi connectivity index (χ0v) is 19.0. The van der Waals surface area contributed by atoms with Crippen molar-refractivity contribution in [3.8, 4) is 5.75 Å². The van der Waals surface area contributed by atoms with E-state index < -0.39 is 20.0 Å². The molecule has 0 atom stereocenters. The summed E-state index contributed by atoms with van der Waals surface area (Å²) in [5.41, 5.74) is 1.72. The van der Waals surface area contributed by atoms with Gasteiger partial charge in [-0.2, -0.15) is 0 Å². The van der Waals surface area contributed by atoms with E-state index in [1.165, 1.54) is 4.31 Å². The van der Waals surface area contributed by atoms with Gasteiger partial charge in [-0.1, -0.05) is 24.3 Å². The number of nitrogens with one attached hydrogen (secondary N) is 1. The van der Waals surface area contributed by atoms with Crippen molar-refractivity contribution in [2.24, 2.45) is 0 Å². The number of aromatic nitrogens is 1. The molecule has 2 aromatic carbocycles. The second-order valence-corrected chi connectivity index (χ2v) is 11.0. The lowest BCUT2D eigenvalue weighted by Crippen LogP contribution is -2.30. The predicted molar refractivity (Wildman–Crippen MR) is 122 cm³/mol. The third-order valence-corrected chi connectivity index (χ3v) is 6.90. The standard InChI is InChI=1S/C21H25N3O5S2/c1-24(14-5-15-29-20-12-10-18(11-13-20)23-30(2,25)26)31(27,28)16-19-9-8-17-6-3-4-7-21(17)22-19/h3-4,6-13,23H,5,14-16H2,1-2H3. The Balaban J connectivity index is 1.48. The summed E-state index contributed by atoms with van der Waals surface area (Å²) in [6.45, 7) is 0.635. The van der Waals surface area contributed by atoms with Crippen molar-refractivity contribution in [2.75, 3.05) is 31.2 Å². The van der Waals surface area contributed by atoms with Crippen LogP contribution in [0.3, 0.4) is 0 Å². The van der Waals surface area contributed by atoms with E-state index >= 15 is 0 Å². The summed E-state index contributed by atoms with van der Waals surface area (Å²) in [5.74, 6) is 0.411. The molecule has 3 aromatic rings. The molecule has 0 radical (unpaired) electrons. The number of ether oxygens (including phenoxy) is 1. The molecular formula is C21H25N3O5S2. The zero-order valence-electron chi connectivity index (χ0n) is 17.4. The third-order valence-electron chi connectivity index (χ3n) is 4.50. The Morgan fingerprint density at radius 2 is 1.68 bits per heavy atom. The second-order valence-electron chi connectivity index (χ2n) is 7.17. The normalized spacial score (nSPS) is 12.2. The summed E-state index contributed by atoms with van der Waals surface area (Å²) in [6.07, 6.45) is 1.59. The van der Waals surface area contributed by atoms with Gasteiger partial charge in [-0.05, 0) is 42.8 Å². The van der Waals surface area contributed by atoms with Crippen LogP contribution >= 0.6 is 0 Å². The Morgan fingerprint density at radius 1 is 0.968 bits per heavy atom. The number of rotatable bonds is 10. The summed E-state index contributed by atoms with van der Waals surface area (Å²) in [4.78, 5) is 4.43. The number of pyridine rings is 1. The van der Waals surface area contributed by atoms with Crippen LogP contribution in [0, 0.1) is 0 Å². The van der Waals surface area contributed by atoms with E-state index in [-0.39, 0.29) is 5.75 Å². The van der Waals surface area contributed by atoms with E-state index in [2.05, 4.69) is 9.71 Å². The predicted octanol–water partition coefficient (Wildman–Crippen LogP) is 2.84. The average molecular weight is 464 g/mol. The first-order valence-electron chi connectivity index (χ1n) is 9.62. The van der Waals surface area contributed by atoms with Crippen LogP contribution in [0.5, 0.6) is 5.75 Å². The Kier molecular flexibility index (Phi) is 7.14. The highest BCUT2D eigenvalue weighted by atomic mass is 32.2. The minimum absolute atomic E-state index is 0.163. The SMILES string of the molecule is CN(CCCOc1ccc(NS(C)(=O)=O)cc1)S(=O)(=O)Cc1ccc2ccccc2n1. The van der Waals surface area contributed by atoms with Gasteiger partial charge in [-0.3, -0.25) is 9.71 Å². The lowest BCUT2D eigenvalue weighted by Gasteiger charge is -2.17. The first kappa shape index (κ1) is 23.0. The van der Waals surface area contributed by atoms with Gasteiger partial charge in [0.25, 0.3) is 0 Å². The van der Waals surface area contributed by atoms with Crippen molar-refractivity contribution in [1.82, 2.24) is 9.29 Å². The number of sulfonamides is 2. The van der Waals surface area contributed by atoms with E-state index in [0.29, 0.717) is 36.7 Å². The van der Waals surface area contributed by atoms with Gasteiger partial charge in [0.1, 0.15) is 11.5 Å². The Morgan fingerprint density at radius 3 is 2.39 bits per heavy atom. The van der Waals surface area contributed by atoms with Crippen LogP contribution in [0.25, 0.3) is 10.9 Å². The highest BCUT2D eigenvalue weighted by molar-refractivity contribution is 7.92. The number of anilines is 1. The van der Waals surface area contributed by atoms with E-state index in [0.717, 1.165) is 17.2 Å². The van der Waals surface area contributed by atoms with Gasteiger partial charge in [0, 0.05) is 24.7 Å². The molecule has 0 unspecified atom stereocenters. The number of hydrogen-bond donors (Lipinski definition) is 1. The molecule has 31 heavy (non-hydrogen) atoms. The smallest absolute Gasteiger partial charge is 0.229 e. The first-order valence-corrected chi connectivity index (χ1v) is 13.1. The van der Waals surface area contributed by atoms with Crippen LogP contribution in [0.4, 0.5) is 5.69 Å². The maximum absolute atomic E-state index is 12.6. The summed E-state index contributed by atoms with van der Waals surface area (Å²) >= 11 is 0. The molecule has 0 aliphatic rings. The largest absolute Gasteiger partial charge is 0.494 e. The van der Waals surface area contributed by atoms with Gasteiger partial charge < -0.3 is 4.74 Å². The van der Waals surface area contributed by atoms with Crippen LogP contribution in [-0.2, 0) is 25.8 Å². The van der Waals surface area contributed by atoms with Crippen LogP contribution in [-0.4, -0.2) is 52.6 Å². The number of benzene rings is 2. The molecule has 0 aliphatic carbocycles. The van der Waals surface area contributed by atoms with Crippen molar-refractivity contribution in [2.45, 2.75) is 12.2 Å². The molecule has 0 bridgehead atoms. The van der Waals surface area contributed by atoms with Gasteiger partial charge in [0.15, 0.2) is 0 Å². The second kappa shape index (κ2) is 9.63. The number of para-hydroxylation sites is 1. The van der Waals surface area contributed by atoms with Crippen LogP contribution in [0.1, 0.15) is 12.1 Å². The topological polar surface area (TPSA) is 106 Å². The van der Waals surface area contributed by atoms with Crippen molar-refractivity contribution >= 4 is 36.6 Å². The monoisotopic (exact) mass is 463 g/mol.